The van der Waals surface area contributed by atoms with Crippen molar-refractivity contribution in [2.24, 2.45) is 0 Å². The van der Waals surface area contributed by atoms with E-state index >= 15 is 0 Å². The maximum Gasteiger partial charge on any atom is 0.146 e. The van der Waals surface area contributed by atoms with Crippen LogP contribution in [0.5, 0.6) is 0 Å². The summed E-state index contributed by atoms with van der Waals surface area (Å²) in [6.45, 7) is 10.3. The van der Waals surface area contributed by atoms with Crippen LogP contribution in [0.15, 0.2) is 0 Å². The number of rotatable bonds is 4. The molecule has 1 atom stereocenters. The van der Waals surface area contributed by atoms with Crippen LogP contribution in [0, 0.1) is 0 Å². The van der Waals surface area contributed by atoms with Crippen molar-refractivity contribution < 1.29 is 4.57 Å². The quantitative estimate of drug-likeness (QED) is 0.649. The van der Waals surface area contributed by atoms with Gasteiger partial charge in [0.15, 0.2) is 0 Å². The van der Waals surface area contributed by atoms with Gasteiger partial charge in [0.25, 0.3) is 0 Å². The molecule has 1 unspecified atom stereocenters. The molecule has 2 nitrogen and oxygen atoms in total. The van der Waals surface area contributed by atoms with E-state index in [1.165, 1.54) is 26.1 Å². The van der Waals surface area contributed by atoms with Crippen LogP contribution in [0.25, 0.3) is 0 Å². The molecular formula is C7H19ClNOP. The van der Waals surface area contributed by atoms with Crippen LogP contribution in [0.3, 0.4) is 0 Å². The second-order valence-corrected chi connectivity index (χ2v) is 2.83. The van der Waals surface area contributed by atoms with Gasteiger partial charge in [0.1, 0.15) is 7.81 Å². The summed E-state index contributed by atoms with van der Waals surface area (Å²) in [6.07, 6.45) is 1.28. The van der Waals surface area contributed by atoms with Crippen molar-refractivity contribution in [2.45, 2.75) is 27.2 Å². The molecule has 0 fully saturated rings. The van der Waals surface area contributed by atoms with Gasteiger partial charge in [-0.25, -0.2) is 0 Å². The van der Waals surface area contributed by atoms with Crippen molar-refractivity contribution in [3.8, 4) is 0 Å². The lowest BCUT2D eigenvalue weighted by Crippen LogP contribution is -2.23. The van der Waals surface area contributed by atoms with Crippen LogP contribution in [0.1, 0.15) is 27.2 Å². The molecule has 0 aliphatic carbocycles. The first-order valence-electron chi connectivity index (χ1n) is 4.02. The standard InChI is InChI=1S/C7H17N.ClH2OP/c1-4-7-8(5-2)6-3;1-3-2/h4-7H2,1-3H3;3H2. The van der Waals surface area contributed by atoms with Gasteiger partial charge in [-0.15, -0.1) is 0 Å². The van der Waals surface area contributed by atoms with Gasteiger partial charge in [-0.2, -0.15) is 0 Å². The summed E-state index contributed by atoms with van der Waals surface area (Å²) < 4.78 is 8.78. The van der Waals surface area contributed by atoms with Gasteiger partial charge in [-0.1, -0.05) is 32.0 Å². The molecule has 0 aromatic rings. The van der Waals surface area contributed by atoms with Crippen molar-refractivity contribution in [3.05, 3.63) is 0 Å². The van der Waals surface area contributed by atoms with Gasteiger partial charge in [-0.3, -0.25) is 0 Å². The minimum Gasteiger partial charge on any atom is -0.313 e. The Bertz CT molecular complexity index is 78.8. The van der Waals surface area contributed by atoms with Crippen molar-refractivity contribution >= 4 is 19.1 Å². The fraction of sp³-hybridized carbons (Fsp3) is 1.00. The van der Waals surface area contributed by atoms with E-state index in [2.05, 4.69) is 36.9 Å². The van der Waals surface area contributed by atoms with Gasteiger partial charge < -0.3 is 9.46 Å². The van der Waals surface area contributed by atoms with E-state index in [0.29, 0.717) is 0 Å². The summed E-state index contributed by atoms with van der Waals surface area (Å²) in [4.78, 5) is 2.43. The van der Waals surface area contributed by atoms with Gasteiger partial charge in [0, 0.05) is 0 Å². The molecule has 0 radical (unpaired) electrons. The minimum absolute atomic E-state index is 1.03. The number of hydrogen-bond acceptors (Lipinski definition) is 2. The number of nitrogens with zero attached hydrogens (tertiary/aromatic N) is 1. The summed E-state index contributed by atoms with van der Waals surface area (Å²) in [6, 6.07) is 0. The van der Waals surface area contributed by atoms with Crippen molar-refractivity contribution in [2.75, 3.05) is 19.6 Å². The molecule has 70 valence electrons. The average Bonchev–Trinajstić information content (AvgIpc) is 2.02. The van der Waals surface area contributed by atoms with Crippen LogP contribution < -0.4 is 0 Å². The van der Waals surface area contributed by atoms with E-state index in [4.69, 9.17) is 4.57 Å². The molecule has 0 bridgehead atoms. The highest BCUT2D eigenvalue weighted by Crippen LogP contribution is 1.92. The molecule has 0 saturated heterocycles. The maximum atomic E-state index is 8.78. The molecule has 0 heterocycles. The fourth-order valence-electron chi connectivity index (χ4n) is 0.856. The Morgan fingerprint density at radius 3 is 1.73 bits per heavy atom. The fourth-order valence-corrected chi connectivity index (χ4v) is 0.856. The first kappa shape index (κ1) is 14.0. The van der Waals surface area contributed by atoms with E-state index in [1.807, 2.05) is 0 Å². The molecule has 0 aliphatic heterocycles. The Kier molecular flexibility index (Phi) is 16.7. The van der Waals surface area contributed by atoms with Crippen LogP contribution in [0.4, 0.5) is 0 Å². The lowest BCUT2D eigenvalue weighted by Gasteiger charge is -2.15. The second kappa shape index (κ2) is 13.1. The highest BCUT2D eigenvalue weighted by molar-refractivity contribution is 7.57. The average molecular weight is 200 g/mol. The normalized spacial score (nSPS) is 10.3. The molecule has 11 heavy (non-hydrogen) atoms. The summed E-state index contributed by atoms with van der Waals surface area (Å²) in [5.74, 6) is 0. The third-order valence-corrected chi connectivity index (χ3v) is 1.43. The van der Waals surface area contributed by atoms with E-state index in [-0.39, 0.29) is 0 Å². The Hall–Kier alpha value is 0.480. The van der Waals surface area contributed by atoms with Crippen LogP contribution >= 0.6 is 19.1 Å². The molecule has 0 rings (SSSR count). The largest absolute Gasteiger partial charge is 0.313 e. The zero-order valence-electron chi connectivity index (χ0n) is 7.64. The third-order valence-electron chi connectivity index (χ3n) is 1.43. The van der Waals surface area contributed by atoms with E-state index in [9.17, 15) is 0 Å². The predicted molar refractivity (Wildman–Crippen MR) is 54.3 cm³/mol. The van der Waals surface area contributed by atoms with Gasteiger partial charge >= 0.3 is 0 Å². The molecule has 0 saturated carbocycles. The highest BCUT2D eigenvalue weighted by Gasteiger charge is 1.92. The monoisotopic (exact) mass is 199 g/mol. The summed E-state index contributed by atoms with van der Waals surface area (Å²) >= 11 is 4.53. The summed E-state index contributed by atoms with van der Waals surface area (Å²) in [5.41, 5.74) is 0. The molecule has 0 N–H and O–H groups in total. The highest BCUT2D eigenvalue weighted by atomic mass is 35.7. The first-order chi connectivity index (χ1) is 5.26. The number of hydrogen-bond donors (Lipinski definition) is 0. The molecule has 0 aromatic heterocycles. The molecule has 0 aliphatic rings. The molecule has 0 amide bonds. The SMILES string of the molecule is CCCN(CC)CC.O=[PH2]Cl. The van der Waals surface area contributed by atoms with Crippen molar-refractivity contribution in [3.63, 3.8) is 0 Å². The zero-order valence-corrected chi connectivity index (χ0v) is 9.55. The van der Waals surface area contributed by atoms with Gasteiger partial charge in [0.05, 0.1) is 0 Å². The summed E-state index contributed by atoms with van der Waals surface area (Å²) in [7, 11) is -1.03. The third kappa shape index (κ3) is 13.5. The molecule has 4 heteroatoms. The summed E-state index contributed by atoms with van der Waals surface area (Å²) in [5, 5.41) is 0. The predicted octanol–water partition coefficient (Wildman–Crippen LogP) is 2.63. The second-order valence-electron chi connectivity index (χ2n) is 2.12. The van der Waals surface area contributed by atoms with Crippen LogP contribution in [-0.2, 0) is 4.57 Å². The van der Waals surface area contributed by atoms with Gasteiger partial charge in [0.2, 0.25) is 0 Å². The van der Waals surface area contributed by atoms with Crippen molar-refractivity contribution in [1.29, 1.82) is 0 Å². The van der Waals surface area contributed by atoms with E-state index < -0.39 is 7.81 Å². The molecular weight excluding hydrogens is 181 g/mol. The van der Waals surface area contributed by atoms with E-state index in [1.54, 1.807) is 0 Å². The van der Waals surface area contributed by atoms with Crippen molar-refractivity contribution in [1.82, 2.24) is 4.90 Å². The Balaban J connectivity index is 0. The molecule has 0 aromatic carbocycles. The zero-order chi connectivity index (χ0) is 9.11. The topological polar surface area (TPSA) is 20.3 Å². The Labute approximate surface area is 75.9 Å². The Morgan fingerprint density at radius 1 is 1.27 bits per heavy atom. The Morgan fingerprint density at radius 2 is 1.64 bits per heavy atom. The van der Waals surface area contributed by atoms with Crippen LogP contribution in [-0.4, -0.2) is 24.5 Å². The lowest BCUT2D eigenvalue weighted by atomic mass is 10.4. The number of halogens is 1. The van der Waals surface area contributed by atoms with Gasteiger partial charge in [-0.05, 0) is 26.1 Å². The van der Waals surface area contributed by atoms with E-state index in [0.717, 1.165) is 0 Å². The minimum atomic E-state index is -1.03. The smallest absolute Gasteiger partial charge is 0.146 e. The lowest BCUT2D eigenvalue weighted by molar-refractivity contribution is 0.304. The van der Waals surface area contributed by atoms with Crippen LogP contribution in [0.2, 0.25) is 0 Å². The maximum absolute atomic E-state index is 8.78. The molecule has 0 spiro atoms. The first-order valence-corrected chi connectivity index (χ1v) is 6.24.